The summed E-state index contributed by atoms with van der Waals surface area (Å²) in [5.41, 5.74) is 9.94. The Morgan fingerprint density at radius 2 is 1.30 bits per heavy atom. The molecule has 5 aromatic carbocycles. The standard InChI is InChI=1S/C51H37N5/c1-5-15-34(16-6-1)38-24-28-46-42(31-38)40-26-27-41-43-32-39(35-17-7-2-8-18-35)25-29-47(43)56(50(41)49(40)55(46)48-23-13-14-30-52-48)51-53-44(36-19-9-3-10-20-36)33-45(54-51)37-21-11-4-12-22-37/h1-21,23-24,26-33,37,39H,22,25H2. The highest BCUT2D eigenvalue weighted by Gasteiger charge is 2.25. The molecule has 4 aromatic heterocycles. The van der Waals surface area contributed by atoms with Gasteiger partial charge in [0.15, 0.2) is 0 Å². The van der Waals surface area contributed by atoms with Gasteiger partial charge in [-0.2, -0.15) is 0 Å². The molecule has 5 heteroatoms. The van der Waals surface area contributed by atoms with Crippen molar-refractivity contribution in [2.24, 2.45) is 0 Å². The average molecular weight is 720 g/mol. The average Bonchev–Trinajstić information content (AvgIpc) is 3.80. The van der Waals surface area contributed by atoms with Gasteiger partial charge >= 0.3 is 0 Å². The largest absolute Gasteiger partial charge is 0.292 e. The first-order chi connectivity index (χ1) is 27.8. The maximum absolute atomic E-state index is 5.49. The van der Waals surface area contributed by atoms with Crippen LogP contribution in [0.1, 0.15) is 35.9 Å². The molecule has 0 bridgehead atoms. The number of hydrogen-bond acceptors (Lipinski definition) is 3. The van der Waals surface area contributed by atoms with Gasteiger partial charge in [0, 0.05) is 45.0 Å². The van der Waals surface area contributed by atoms with Gasteiger partial charge in [-0.15, -0.1) is 0 Å². The second-order valence-corrected chi connectivity index (χ2v) is 14.7. The van der Waals surface area contributed by atoms with E-state index in [0.717, 1.165) is 62.9 Å². The molecular weight excluding hydrogens is 683 g/mol. The van der Waals surface area contributed by atoms with Crippen LogP contribution in [0.3, 0.4) is 0 Å². The van der Waals surface area contributed by atoms with E-state index in [1.807, 2.05) is 12.3 Å². The topological polar surface area (TPSA) is 48.5 Å². The molecular formula is C51H37N5. The molecule has 11 rings (SSSR count). The Morgan fingerprint density at radius 1 is 0.554 bits per heavy atom. The second-order valence-electron chi connectivity index (χ2n) is 14.7. The number of fused-ring (bicyclic) bond motifs is 7. The van der Waals surface area contributed by atoms with Gasteiger partial charge in [0.1, 0.15) is 5.82 Å². The molecule has 56 heavy (non-hydrogen) atoms. The fourth-order valence-electron chi connectivity index (χ4n) is 8.77. The van der Waals surface area contributed by atoms with Crippen LogP contribution < -0.4 is 10.6 Å². The van der Waals surface area contributed by atoms with Crippen LogP contribution in [0.15, 0.2) is 176 Å². The van der Waals surface area contributed by atoms with Gasteiger partial charge in [-0.05, 0) is 59.9 Å². The molecule has 4 heterocycles. The molecule has 0 spiro atoms. The van der Waals surface area contributed by atoms with Crippen molar-refractivity contribution >= 4 is 44.9 Å². The number of allylic oxidation sites excluding steroid dienone is 4. The third kappa shape index (κ3) is 5.35. The van der Waals surface area contributed by atoms with E-state index in [-0.39, 0.29) is 11.8 Å². The molecule has 0 aliphatic heterocycles. The molecule has 2 unspecified atom stereocenters. The molecule has 5 nitrogen and oxygen atoms in total. The minimum absolute atomic E-state index is 0.149. The summed E-state index contributed by atoms with van der Waals surface area (Å²) < 4.78 is 4.69. The third-order valence-electron chi connectivity index (χ3n) is 11.4. The van der Waals surface area contributed by atoms with Gasteiger partial charge in [0.05, 0.1) is 33.3 Å². The Labute approximate surface area is 324 Å². The van der Waals surface area contributed by atoms with E-state index in [9.17, 15) is 0 Å². The second kappa shape index (κ2) is 13.3. The van der Waals surface area contributed by atoms with Gasteiger partial charge in [0.2, 0.25) is 5.95 Å². The Balaban J connectivity index is 1.29. The lowest BCUT2D eigenvalue weighted by molar-refractivity contribution is 0.789. The SMILES string of the molecule is C1=CCC(c2cc(-c3ccccc3)nc(-n3c4c(c5ccc6c7cc(-c8ccccc8)ccc7n(-c7ccccn7)c6c53)=CC(c3ccccc3)CC=4)n2)C=C1. The first kappa shape index (κ1) is 32.3. The molecule has 0 saturated carbocycles. The van der Waals surface area contributed by atoms with Crippen LogP contribution in [0, 0.1) is 0 Å². The lowest BCUT2D eigenvalue weighted by Gasteiger charge is -2.17. The van der Waals surface area contributed by atoms with E-state index < -0.39 is 0 Å². The number of aromatic nitrogens is 5. The lowest BCUT2D eigenvalue weighted by atomic mass is 9.91. The molecule has 2 aliphatic carbocycles. The van der Waals surface area contributed by atoms with E-state index in [0.29, 0.717) is 5.95 Å². The van der Waals surface area contributed by atoms with Crippen molar-refractivity contribution in [2.45, 2.75) is 24.7 Å². The summed E-state index contributed by atoms with van der Waals surface area (Å²) in [7, 11) is 0. The maximum Gasteiger partial charge on any atom is 0.235 e. The maximum atomic E-state index is 5.49. The highest BCUT2D eigenvalue weighted by Crippen LogP contribution is 2.39. The summed E-state index contributed by atoms with van der Waals surface area (Å²) >= 11 is 0. The minimum Gasteiger partial charge on any atom is -0.292 e. The van der Waals surface area contributed by atoms with Crippen LogP contribution in [0.2, 0.25) is 0 Å². The van der Waals surface area contributed by atoms with Crippen molar-refractivity contribution in [1.29, 1.82) is 0 Å². The third-order valence-corrected chi connectivity index (χ3v) is 11.4. The van der Waals surface area contributed by atoms with Crippen LogP contribution >= 0.6 is 0 Å². The smallest absolute Gasteiger partial charge is 0.235 e. The minimum atomic E-state index is 0.149. The molecule has 0 amide bonds. The van der Waals surface area contributed by atoms with Crippen LogP contribution in [0.4, 0.5) is 0 Å². The van der Waals surface area contributed by atoms with Crippen LogP contribution in [-0.4, -0.2) is 24.1 Å². The van der Waals surface area contributed by atoms with Crippen molar-refractivity contribution in [3.8, 4) is 34.2 Å². The molecule has 266 valence electrons. The van der Waals surface area contributed by atoms with Gasteiger partial charge in [-0.3, -0.25) is 9.13 Å². The zero-order chi connectivity index (χ0) is 37.0. The van der Waals surface area contributed by atoms with Crippen molar-refractivity contribution < 1.29 is 0 Å². The summed E-state index contributed by atoms with van der Waals surface area (Å²) in [5.74, 6) is 1.94. The number of pyridine rings is 1. The normalized spacial score (nSPS) is 16.2. The highest BCUT2D eigenvalue weighted by atomic mass is 15.2. The summed E-state index contributed by atoms with van der Waals surface area (Å²) in [6.07, 6.45) is 17.3. The Hall–Kier alpha value is -7.11. The molecule has 9 aromatic rings. The number of hydrogen-bond donors (Lipinski definition) is 0. The fraction of sp³-hybridized carbons (Fsp3) is 0.0784. The van der Waals surface area contributed by atoms with Crippen LogP contribution in [0.25, 0.3) is 79.0 Å². The first-order valence-electron chi connectivity index (χ1n) is 19.4. The molecule has 0 fully saturated rings. The van der Waals surface area contributed by atoms with Crippen LogP contribution in [0.5, 0.6) is 0 Å². The van der Waals surface area contributed by atoms with Crippen LogP contribution in [-0.2, 0) is 0 Å². The molecule has 0 N–H and O–H groups in total. The first-order valence-corrected chi connectivity index (χ1v) is 19.4. The zero-order valence-electron chi connectivity index (χ0n) is 30.7. The highest BCUT2D eigenvalue weighted by molar-refractivity contribution is 6.18. The van der Waals surface area contributed by atoms with Crippen molar-refractivity contribution in [3.63, 3.8) is 0 Å². The van der Waals surface area contributed by atoms with E-state index in [2.05, 4.69) is 185 Å². The number of rotatable bonds is 6. The molecule has 0 radical (unpaired) electrons. The summed E-state index contributed by atoms with van der Waals surface area (Å²) in [6.45, 7) is 0. The van der Waals surface area contributed by atoms with Gasteiger partial charge in [-0.25, -0.2) is 15.0 Å². The van der Waals surface area contributed by atoms with E-state index in [4.69, 9.17) is 15.0 Å². The summed E-state index contributed by atoms with van der Waals surface area (Å²) in [5, 5.41) is 5.83. The predicted octanol–water partition coefficient (Wildman–Crippen LogP) is 10.6. The van der Waals surface area contributed by atoms with E-state index >= 15 is 0 Å². The number of nitrogens with zero attached hydrogens (tertiary/aromatic N) is 5. The molecule has 2 atom stereocenters. The fourth-order valence-corrected chi connectivity index (χ4v) is 8.77. The van der Waals surface area contributed by atoms with Gasteiger partial charge < -0.3 is 0 Å². The quantitative estimate of drug-likeness (QED) is 0.172. The van der Waals surface area contributed by atoms with E-state index in [1.165, 1.54) is 32.7 Å². The number of benzene rings is 5. The summed E-state index contributed by atoms with van der Waals surface area (Å²) in [4.78, 5) is 15.9. The van der Waals surface area contributed by atoms with Gasteiger partial charge in [0.25, 0.3) is 0 Å². The van der Waals surface area contributed by atoms with E-state index in [1.54, 1.807) is 0 Å². The lowest BCUT2D eigenvalue weighted by Crippen LogP contribution is -2.32. The van der Waals surface area contributed by atoms with Crippen molar-refractivity contribution in [1.82, 2.24) is 24.1 Å². The zero-order valence-corrected chi connectivity index (χ0v) is 30.7. The Morgan fingerprint density at radius 3 is 2.07 bits per heavy atom. The van der Waals surface area contributed by atoms with Gasteiger partial charge in [-0.1, -0.05) is 152 Å². The van der Waals surface area contributed by atoms with Crippen molar-refractivity contribution in [3.05, 3.63) is 198 Å². The Bertz CT molecular complexity index is 3120. The monoisotopic (exact) mass is 719 g/mol. The van der Waals surface area contributed by atoms with Crippen molar-refractivity contribution in [2.75, 3.05) is 0 Å². The molecule has 0 saturated heterocycles. The molecule has 2 aliphatic rings. The summed E-state index contributed by atoms with van der Waals surface area (Å²) in [6, 6.07) is 51.8. The predicted molar refractivity (Wildman–Crippen MR) is 229 cm³/mol. The Kier molecular flexibility index (Phi) is 7.69.